The summed E-state index contributed by atoms with van der Waals surface area (Å²) < 4.78 is 13.0. The monoisotopic (exact) mass is 195 g/mol. The third-order valence-corrected chi connectivity index (χ3v) is 2.53. The van der Waals surface area contributed by atoms with Crippen molar-refractivity contribution in [1.82, 2.24) is 5.32 Å². The zero-order chi connectivity index (χ0) is 10.1. The van der Waals surface area contributed by atoms with E-state index >= 15 is 0 Å². The fourth-order valence-corrected chi connectivity index (χ4v) is 1.49. The molecule has 1 aliphatic rings. The lowest BCUT2D eigenvalue weighted by Gasteiger charge is -2.13. The van der Waals surface area contributed by atoms with Crippen molar-refractivity contribution in [2.45, 2.75) is 31.8 Å². The fraction of sp³-hybridized carbons (Fsp3) is 0.455. The first-order valence-electron chi connectivity index (χ1n) is 4.91. The Kier molecular flexibility index (Phi) is 2.42. The Morgan fingerprint density at radius 3 is 2.79 bits per heavy atom. The molecule has 0 spiro atoms. The van der Waals surface area contributed by atoms with Crippen molar-refractivity contribution in [2.24, 2.45) is 0 Å². The van der Waals surface area contributed by atoms with Gasteiger partial charge in [0.1, 0.15) is 0 Å². The zero-order valence-electron chi connectivity index (χ0n) is 8.13. The summed E-state index contributed by atoms with van der Waals surface area (Å²) in [6.07, 6.45) is 2.43. The molecule has 3 heteroatoms. The highest BCUT2D eigenvalue weighted by molar-refractivity contribution is 5.29. The molecule has 1 fully saturated rings. The Balaban J connectivity index is 2.10. The van der Waals surface area contributed by atoms with Gasteiger partial charge in [-0.1, -0.05) is 6.07 Å². The van der Waals surface area contributed by atoms with Gasteiger partial charge < -0.3 is 10.4 Å². The molecule has 2 N–H and O–H groups in total. The molecule has 2 nitrogen and oxygen atoms in total. The smallest absolute Gasteiger partial charge is 0.165 e. The van der Waals surface area contributed by atoms with Crippen LogP contribution in [0, 0.1) is 5.82 Å². The molecule has 0 saturated heterocycles. The Bertz CT molecular complexity index is 336. The van der Waals surface area contributed by atoms with E-state index in [4.69, 9.17) is 5.11 Å². The molecule has 1 aliphatic carbocycles. The molecule has 0 unspecified atom stereocenters. The maximum Gasteiger partial charge on any atom is 0.165 e. The van der Waals surface area contributed by atoms with E-state index < -0.39 is 5.82 Å². The first-order valence-corrected chi connectivity index (χ1v) is 4.91. The summed E-state index contributed by atoms with van der Waals surface area (Å²) in [6.45, 7) is 2.00. The summed E-state index contributed by atoms with van der Waals surface area (Å²) in [5.74, 6) is -0.834. The first kappa shape index (κ1) is 9.46. The average Bonchev–Trinajstić information content (AvgIpc) is 2.93. The van der Waals surface area contributed by atoms with Crippen LogP contribution in [0.2, 0.25) is 0 Å². The van der Waals surface area contributed by atoms with Crippen molar-refractivity contribution in [3.63, 3.8) is 0 Å². The minimum atomic E-state index is -0.549. The number of benzene rings is 1. The van der Waals surface area contributed by atoms with Crippen LogP contribution < -0.4 is 5.32 Å². The van der Waals surface area contributed by atoms with Crippen molar-refractivity contribution < 1.29 is 9.50 Å². The summed E-state index contributed by atoms with van der Waals surface area (Å²) in [6, 6.07) is 5.28. The van der Waals surface area contributed by atoms with Gasteiger partial charge in [0.2, 0.25) is 0 Å². The Morgan fingerprint density at radius 1 is 1.50 bits per heavy atom. The second-order valence-electron chi connectivity index (χ2n) is 3.87. The van der Waals surface area contributed by atoms with Crippen molar-refractivity contribution in [3.05, 3.63) is 29.6 Å². The van der Waals surface area contributed by atoms with Gasteiger partial charge in [0.15, 0.2) is 11.6 Å². The van der Waals surface area contributed by atoms with Crippen molar-refractivity contribution in [1.29, 1.82) is 0 Å². The number of hydrogen-bond donors (Lipinski definition) is 2. The number of rotatable bonds is 3. The zero-order valence-corrected chi connectivity index (χ0v) is 8.13. The van der Waals surface area contributed by atoms with Crippen LogP contribution in [-0.2, 0) is 0 Å². The van der Waals surface area contributed by atoms with Crippen LogP contribution in [0.5, 0.6) is 5.75 Å². The van der Waals surface area contributed by atoms with Gasteiger partial charge in [-0.25, -0.2) is 4.39 Å². The van der Waals surface area contributed by atoms with Crippen LogP contribution in [0.3, 0.4) is 0 Å². The van der Waals surface area contributed by atoms with Crippen LogP contribution in [0.4, 0.5) is 4.39 Å². The summed E-state index contributed by atoms with van der Waals surface area (Å²) in [4.78, 5) is 0. The summed E-state index contributed by atoms with van der Waals surface area (Å²) in [5, 5.41) is 12.4. The molecule has 0 bridgehead atoms. The molecular weight excluding hydrogens is 181 g/mol. The highest BCUT2D eigenvalue weighted by Crippen LogP contribution is 2.25. The number of halogens is 1. The van der Waals surface area contributed by atoms with Crippen molar-refractivity contribution in [2.75, 3.05) is 0 Å². The molecule has 0 heterocycles. The molecule has 0 radical (unpaired) electrons. The van der Waals surface area contributed by atoms with Gasteiger partial charge in [0, 0.05) is 12.1 Å². The number of nitrogens with one attached hydrogen (secondary N) is 1. The molecule has 14 heavy (non-hydrogen) atoms. The highest BCUT2D eigenvalue weighted by atomic mass is 19.1. The van der Waals surface area contributed by atoms with Gasteiger partial charge in [-0.2, -0.15) is 0 Å². The van der Waals surface area contributed by atoms with Gasteiger partial charge in [-0.05, 0) is 37.5 Å². The third kappa shape index (κ3) is 2.04. The molecule has 1 aromatic carbocycles. The number of aromatic hydroxyl groups is 1. The molecule has 1 aromatic rings. The van der Waals surface area contributed by atoms with E-state index in [1.807, 2.05) is 6.92 Å². The molecule has 2 rings (SSSR count). The summed E-state index contributed by atoms with van der Waals surface area (Å²) >= 11 is 0. The predicted octanol–water partition coefficient (Wildman–Crippen LogP) is 2.34. The van der Waals surface area contributed by atoms with E-state index in [1.54, 1.807) is 6.07 Å². The maximum atomic E-state index is 13.0. The van der Waals surface area contributed by atoms with E-state index in [2.05, 4.69) is 5.32 Å². The van der Waals surface area contributed by atoms with E-state index in [-0.39, 0.29) is 11.8 Å². The van der Waals surface area contributed by atoms with Gasteiger partial charge >= 0.3 is 0 Å². The largest absolute Gasteiger partial charge is 0.505 e. The SMILES string of the molecule is C[C@@H](NC1CC1)c1ccc(O)c(F)c1. The summed E-state index contributed by atoms with van der Waals surface area (Å²) in [7, 11) is 0. The van der Waals surface area contributed by atoms with Gasteiger partial charge in [0.25, 0.3) is 0 Å². The molecule has 0 amide bonds. The highest BCUT2D eigenvalue weighted by Gasteiger charge is 2.23. The molecule has 76 valence electrons. The van der Waals surface area contributed by atoms with E-state index in [0.29, 0.717) is 6.04 Å². The second-order valence-corrected chi connectivity index (χ2v) is 3.87. The lowest BCUT2D eigenvalue weighted by Crippen LogP contribution is -2.20. The van der Waals surface area contributed by atoms with Crippen LogP contribution in [0.25, 0.3) is 0 Å². The van der Waals surface area contributed by atoms with Crippen molar-refractivity contribution in [3.8, 4) is 5.75 Å². The van der Waals surface area contributed by atoms with E-state index in [1.165, 1.54) is 25.0 Å². The Hall–Kier alpha value is -1.09. The predicted molar refractivity (Wildman–Crippen MR) is 52.6 cm³/mol. The lowest BCUT2D eigenvalue weighted by atomic mass is 10.1. The van der Waals surface area contributed by atoms with Crippen LogP contribution in [0.1, 0.15) is 31.4 Å². The van der Waals surface area contributed by atoms with Crippen LogP contribution >= 0.6 is 0 Å². The first-order chi connectivity index (χ1) is 6.66. The number of hydrogen-bond acceptors (Lipinski definition) is 2. The molecule has 0 aliphatic heterocycles. The van der Waals surface area contributed by atoms with Gasteiger partial charge in [-0.15, -0.1) is 0 Å². The lowest BCUT2D eigenvalue weighted by molar-refractivity contribution is 0.430. The second kappa shape index (κ2) is 3.58. The normalized spacial score (nSPS) is 18.1. The fourth-order valence-electron chi connectivity index (χ4n) is 1.49. The van der Waals surface area contributed by atoms with Crippen LogP contribution in [-0.4, -0.2) is 11.1 Å². The molecular formula is C11H14FNO. The summed E-state index contributed by atoms with van der Waals surface area (Å²) in [5.41, 5.74) is 0.882. The van der Waals surface area contributed by atoms with E-state index in [9.17, 15) is 4.39 Å². The molecule has 0 aromatic heterocycles. The number of phenols is 1. The quantitative estimate of drug-likeness (QED) is 0.776. The molecule has 1 atom stereocenters. The standard InChI is InChI=1S/C11H14FNO/c1-7(13-9-3-4-9)8-2-5-11(14)10(12)6-8/h2,5-7,9,13-14H,3-4H2,1H3/t7-/m1/s1. The minimum Gasteiger partial charge on any atom is -0.505 e. The van der Waals surface area contributed by atoms with Crippen molar-refractivity contribution >= 4 is 0 Å². The Labute approximate surface area is 82.8 Å². The minimum absolute atomic E-state index is 0.151. The van der Waals surface area contributed by atoms with E-state index in [0.717, 1.165) is 5.56 Å². The number of phenolic OH excluding ortho intramolecular Hbond substituents is 1. The van der Waals surface area contributed by atoms with Gasteiger partial charge in [0.05, 0.1) is 0 Å². The van der Waals surface area contributed by atoms with Crippen LogP contribution in [0.15, 0.2) is 18.2 Å². The topological polar surface area (TPSA) is 32.3 Å². The maximum absolute atomic E-state index is 13.0. The van der Waals surface area contributed by atoms with Gasteiger partial charge in [-0.3, -0.25) is 0 Å². The Morgan fingerprint density at radius 2 is 2.21 bits per heavy atom. The molecule has 1 saturated carbocycles. The third-order valence-electron chi connectivity index (χ3n) is 2.53. The average molecular weight is 195 g/mol.